The maximum Gasteiger partial charge on any atom is 0.342 e. The predicted molar refractivity (Wildman–Crippen MR) is 121 cm³/mol. The van der Waals surface area contributed by atoms with E-state index in [0.717, 1.165) is 4.88 Å². The van der Waals surface area contributed by atoms with E-state index in [0.29, 0.717) is 15.6 Å². The van der Waals surface area contributed by atoms with Crippen LogP contribution in [0.2, 0.25) is 5.02 Å². The molecule has 1 aromatic carbocycles. The van der Waals surface area contributed by atoms with Crippen molar-refractivity contribution in [1.29, 1.82) is 0 Å². The van der Waals surface area contributed by atoms with E-state index in [1.807, 2.05) is 17.5 Å². The Morgan fingerprint density at radius 3 is 2.58 bits per heavy atom. The molecule has 0 aliphatic heterocycles. The van der Waals surface area contributed by atoms with Crippen LogP contribution >= 0.6 is 34.3 Å². The average molecular weight is 480 g/mol. The van der Waals surface area contributed by atoms with E-state index < -0.39 is 24.5 Å². The van der Waals surface area contributed by atoms with Crippen LogP contribution in [0, 0.1) is 0 Å². The van der Waals surface area contributed by atoms with Crippen LogP contribution in [0.1, 0.15) is 27.6 Å². The molecule has 0 radical (unpaired) electrons. The van der Waals surface area contributed by atoms with Gasteiger partial charge in [0, 0.05) is 20.8 Å². The average Bonchev–Trinajstić information content (AvgIpc) is 3.42. The van der Waals surface area contributed by atoms with E-state index in [1.165, 1.54) is 41.9 Å². The highest BCUT2D eigenvalue weighted by molar-refractivity contribution is 7.17. The summed E-state index contributed by atoms with van der Waals surface area (Å²) in [5.74, 6) is -1.62. The zero-order valence-corrected chi connectivity index (χ0v) is 19.0. The van der Waals surface area contributed by atoms with Gasteiger partial charge in [-0.05, 0) is 36.6 Å². The highest BCUT2D eigenvalue weighted by Gasteiger charge is 2.24. The Kier molecular flexibility index (Phi) is 7.67. The van der Waals surface area contributed by atoms with E-state index >= 15 is 0 Å². The van der Waals surface area contributed by atoms with E-state index in [4.69, 9.17) is 25.8 Å². The van der Waals surface area contributed by atoms with Crippen molar-refractivity contribution in [3.05, 3.63) is 57.2 Å². The molecule has 10 heteroatoms. The van der Waals surface area contributed by atoms with Gasteiger partial charge in [-0.3, -0.25) is 4.79 Å². The third-order valence-electron chi connectivity index (χ3n) is 4.03. The fraction of sp³-hybridized carbons (Fsp3) is 0.190. The van der Waals surface area contributed by atoms with Crippen molar-refractivity contribution in [2.45, 2.75) is 6.92 Å². The lowest BCUT2D eigenvalue weighted by Gasteiger charge is -2.10. The Labute approximate surface area is 191 Å². The Bertz CT molecular complexity index is 1090. The minimum absolute atomic E-state index is 0.103. The van der Waals surface area contributed by atoms with Gasteiger partial charge in [-0.2, -0.15) is 0 Å². The number of ether oxygens (including phenoxy) is 3. The van der Waals surface area contributed by atoms with E-state index in [2.05, 4.69) is 5.32 Å². The number of esters is 2. The van der Waals surface area contributed by atoms with Gasteiger partial charge in [0.15, 0.2) is 6.61 Å². The third-order valence-corrected chi connectivity index (χ3v) is 6.06. The van der Waals surface area contributed by atoms with Crippen LogP contribution in [0.25, 0.3) is 10.4 Å². The first-order valence-electron chi connectivity index (χ1n) is 9.07. The van der Waals surface area contributed by atoms with E-state index in [1.54, 1.807) is 18.4 Å². The Balaban J connectivity index is 1.73. The molecule has 0 saturated heterocycles. The largest absolute Gasteiger partial charge is 0.496 e. The fourth-order valence-corrected chi connectivity index (χ4v) is 4.64. The second-order valence-corrected chi connectivity index (χ2v) is 8.28. The van der Waals surface area contributed by atoms with Gasteiger partial charge >= 0.3 is 11.9 Å². The number of thiophene rings is 2. The van der Waals surface area contributed by atoms with E-state index in [9.17, 15) is 14.4 Å². The monoisotopic (exact) mass is 479 g/mol. The molecule has 3 aromatic rings. The lowest BCUT2D eigenvalue weighted by Crippen LogP contribution is -2.22. The Morgan fingerprint density at radius 1 is 1.10 bits per heavy atom. The Hall–Kier alpha value is -2.88. The molecule has 1 amide bonds. The van der Waals surface area contributed by atoms with Crippen molar-refractivity contribution in [3.63, 3.8) is 0 Å². The van der Waals surface area contributed by atoms with Gasteiger partial charge in [0.2, 0.25) is 0 Å². The van der Waals surface area contributed by atoms with Crippen molar-refractivity contribution in [2.75, 3.05) is 25.6 Å². The molecule has 0 atom stereocenters. The topological polar surface area (TPSA) is 90.9 Å². The highest BCUT2D eigenvalue weighted by Crippen LogP contribution is 2.38. The number of carbonyl (C=O) groups excluding carboxylic acids is 3. The highest BCUT2D eigenvalue weighted by atomic mass is 35.5. The van der Waals surface area contributed by atoms with Crippen LogP contribution in [-0.2, 0) is 14.3 Å². The molecule has 31 heavy (non-hydrogen) atoms. The smallest absolute Gasteiger partial charge is 0.342 e. The number of amides is 1. The molecule has 2 aromatic heterocycles. The molecule has 2 heterocycles. The molecule has 1 N–H and O–H groups in total. The van der Waals surface area contributed by atoms with Gasteiger partial charge in [-0.25, -0.2) is 9.59 Å². The summed E-state index contributed by atoms with van der Waals surface area (Å²) in [4.78, 5) is 38.1. The van der Waals surface area contributed by atoms with Gasteiger partial charge in [0.1, 0.15) is 21.9 Å². The number of rotatable bonds is 8. The molecule has 0 fully saturated rings. The lowest BCUT2D eigenvalue weighted by molar-refractivity contribution is -0.119. The van der Waals surface area contributed by atoms with Crippen LogP contribution in [0.5, 0.6) is 5.75 Å². The summed E-state index contributed by atoms with van der Waals surface area (Å²) in [5, 5.41) is 6.95. The zero-order chi connectivity index (χ0) is 22.4. The van der Waals surface area contributed by atoms with Crippen LogP contribution in [-0.4, -0.2) is 38.2 Å². The summed E-state index contributed by atoms with van der Waals surface area (Å²) in [7, 11) is 1.41. The van der Waals surface area contributed by atoms with Crippen LogP contribution < -0.4 is 10.1 Å². The van der Waals surface area contributed by atoms with Crippen LogP contribution in [0.3, 0.4) is 0 Å². The quantitative estimate of drug-likeness (QED) is 0.451. The number of carbonyl (C=O) groups is 3. The van der Waals surface area contributed by atoms with Crippen molar-refractivity contribution < 1.29 is 28.6 Å². The van der Waals surface area contributed by atoms with Crippen molar-refractivity contribution in [2.24, 2.45) is 0 Å². The molecule has 0 unspecified atom stereocenters. The summed E-state index contributed by atoms with van der Waals surface area (Å²) in [5.41, 5.74) is 1.05. The number of methoxy groups -OCH3 is 1. The van der Waals surface area contributed by atoms with Gasteiger partial charge in [0.05, 0.1) is 13.7 Å². The molecule has 0 saturated carbocycles. The molecular weight excluding hydrogens is 462 g/mol. The number of nitrogens with one attached hydrogen (secondary N) is 1. The summed E-state index contributed by atoms with van der Waals surface area (Å²) < 4.78 is 15.4. The minimum Gasteiger partial charge on any atom is -0.496 e. The van der Waals surface area contributed by atoms with Gasteiger partial charge in [-0.15, -0.1) is 22.7 Å². The van der Waals surface area contributed by atoms with Crippen molar-refractivity contribution in [3.8, 4) is 16.2 Å². The predicted octanol–water partition coefficient (Wildman–Crippen LogP) is 5.11. The standard InChI is InChI=1S/C21H18ClNO6S2/c1-3-28-21(26)18-14(16-5-4-8-30-16)11-31-19(18)23-17(24)10-29-20(25)13-9-12(22)6-7-15(13)27-2/h4-9,11H,3,10H2,1-2H3,(H,23,24). The maximum atomic E-state index is 12.5. The maximum absolute atomic E-state index is 12.5. The minimum atomic E-state index is -0.759. The molecule has 162 valence electrons. The van der Waals surface area contributed by atoms with Gasteiger partial charge < -0.3 is 19.5 Å². The fourth-order valence-electron chi connectivity index (χ4n) is 2.68. The first-order chi connectivity index (χ1) is 14.9. The second kappa shape index (κ2) is 10.4. The van der Waals surface area contributed by atoms with Crippen molar-refractivity contribution >= 4 is 57.1 Å². The van der Waals surface area contributed by atoms with Gasteiger partial charge in [-0.1, -0.05) is 17.7 Å². The number of benzene rings is 1. The SMILES string of the molecule is CCOC(=O)c1c(-c2cccs2)csc1NC(=O)COC(=O)c1cc(Cl)ccc1OC. The zero-order valence-electron chi connectivity index (χ0n) is 16.6. The van der Waals surface area contributed by atoms with Crippen LogP contribution in [0.4, 0.5) is 5.00 Å². The normalized spacial score (nSPS) is 10.4. The van der Waals surface area contributed by atoms with E-state index in [-0.39, 0.29) is 23.5 Å². The van der Waals surface area contributed by atoms with Crippen molar-refractivity contribution in [1.82, 2.24) is 0 Å². The Morgan fingerprint density at radius 2 is 1.90 bits per heavy atom. The van der Waals surface area contributed by atoms with Gasteiger partial charge in [0.25, 0.3) is 5.91 Å². The molecule has 0 spiro atoms. The lowest BCUT2D eigenvalue weighted by atomic mass is 10.1. The molecule has 3 rings (SSSR count). The summed E-state index contributed by atoms with van der Waals surface area (Å²) in [6.07, 6.45) is 0. The summed E-state index contributed by atoms with van der Waals surface area (Å²) >= 11 is 8.58. The number of anilines is 1. The number of hydrogen-bond acceptors (Lipinski definition) is 8. The molecule has 0 aliphatic carbocycles. The molecular formula is C21H18ClNO6S2. The molecule has 7 nitrogen and oxygen atoms in total. The van der Waals surface area contributed by atoms with Crippen LogP contribution in [0.15, 0.2) is 41.1 Å². The number of hydrogen-bond donors (Lipinski definition) is 1. The molecule has 0 bridgehead atoms. The third kappa shape index (κ3) is 5.43. The molecule has 0 aliphatic rings. The summed E-state index contributed by atoms with van der Waals surface area (Å²) in [6.45, 7) is 1.35. The summed E-state index contributed by atoms with van der Waals surface area (Å²) in [6, 6.07) is 8.24. The first-order valence-corrected chi connectivity index (χ1v) is 11.2. The first kappa shape index (κ1) is 22.8. The second-order valence-electron chi connectivity index (χ2n) is 6.02. The number of halogens is 1.